The van der Waals surface area contributed by atoms with E-state index in [1.54, 1.807) is 0 Å². The van der Waals surface area contributed by atoms with Crippen LogP contribution in [0, 0.1) is 13.8 Å². The number of rotatable bonds is 6. The van der Waals surface area contributed by atoms with E-state index in [0.717, 1.165) is 11.1 Å². The van der Waals surface area contributed by atoms with Crippen LogP contribution in [0.15, 0.2) is 54.6 Å². The standard InChI is InChI=1S/C19H20O2/c1-15-10-11-18(13-16(15)2)19(20)14-21-12-6-9-17-7-4-3-5-8-17/h3-11,13H,12,14H2,1-2H3. The lowest BCUT2D eigenvalue weighted by atomic mass is 10.0. The van der Waals surface area contributed by atoms with Crippen LogP contribution in [0.1, 0.15) is 27.0 Å². The molecule has 0 aliphatic carbocycles. The Balaban J connectivity index is 1.79. The molecule has 0 amide bonds. The minimum atomic E-state index is 0.0196. The zero-order chi connectivity index (χ0) is 15.1. The van der Waals surface area contributed by atoms with Crippen molar-refractivity contribution in [1.82, 2.24) is 0 Å². The monoisotopic (exact) mass is 280 g/mol. The summed E-state index contributed by atoms with van der Waals surface area (Å²) in [5.74, 6) is 0.0196. The molecule has 0 saturated heterocycles. The molecule has 2 rings (SSSR count). The lowest BCUT2D eigenvalue weighted by molar-refractivity contribution is 0.0806. The van der Waals surface area contributed by atoms with Crippen molar-refractivity contribution in [1.29, 1.82) is 0 Å². The summed E-state index contributed by atoms with van der Waals surface area (Å²) in [6.07, 6.45) is 3.91. The van der Waals surface area contributed by atoms with Crippen molar-refractivity contribution in [2.75, 3.05) is 13.2 Å². The average Bonchev–Trinajstić information content (AvgIpc) is 2.50. The molecule has 0 spiro atoms. The first kappa shape index (κ1) is 15.2. The van der Waals surface area contributed by atoms with E-state index in [-0.39, 0.29) is 12.4 Å². The van der Waals surface area contributed by atoms with Crippen LogP contribution in [-0.4, -0.2) is 19.0 Å². The Morgan fingerprint density at radius 3 is 2.52 bits per heavy atom. The second-order valence-corrected chi connectivity index (χ2v) is 5.05. The van der Waals surface area contributed by atoms with Gasteiger partial charge in [0.25, 0.3) is 0 Å². The molecule has 2 heteroatoms. The number of Topliss-reactive ketones (excluding diaryl/α,β-unsaturated/α-hetero) is 1. The Bertz CT molecular complexity index is 627. The molecule has 2 aromatic rings. The summed E-state index contributed by atoms with van der Waals surface area (Å²) < 4.78 is 5.41. The fraction of sp³-hybridized carbons (Fsp3) is 0.211. The minimum Gasteiger partial charge on any atom is -0.369 e. The van der Waals surface area contributed by atoms with Gasteiger partial charge in [-0.1, -0.05) is 54.6 Å². The lowest BCUT2D eigenvalue weighted by Crippen LogP contribution is -2.09. The van der Waals surface area contributed by atoms with Gasteiger partial charge in [0.05, 0.1) is 6.61 Å². The zero-order valence-corrected chi connectivity index (χ0v) is 12.5. The van der Waals surface area contributed by atoms with E-state index < -0.39 is 0 Å². The van der Waals surface area contributed by atoms with Crippen LogP contribution in [0.4, 0.5) is 0 Å². The number of ether oxygens (including phenoxy) is 1. The highest BCUT2D eigenvalue weighted by molar-refractivity contribution is 5.97. The number of ketones is 1. The van der Waals surface area contributed by atoms with Crippen LogP contribution >= 0.6 is 0 Å². The number of hydrogen-bond donors (Lipinski definition) is 0. The molecule has 108 valence electrons. The molecule has 0 saturated carbocycles. The maximum Gasteiger partial charge on any atom is 0.188 e. The molecule has 0 unspecified atom stereocenters. The summed E-state index contributed by atoms with van der Waals surface area (Å²) in [7, 11) is 0. The van der Waals surface area contributed by atoms with Crippen LogP contribution in [0.2, 0.25) is 0 Å². The van der Waals surface area contributed by atoms with Gasteiger partial charge in [0.1, 0.15) is 6.61 Å². The number of carbonyl (C=O) groups is 1. The quantitative estimate of drug-likeness (QED) is 0.585. The van der Waals surface area contributed by atoms with Crippen molar-refractivity contribution >= 4 is 11.9 Å². The predicted molar refractivity (Wildman–Crippen MR) is 86.5 cm³/mol. The van der Waals surface area contributed by atoms with E-state index in [9.17, 15) is 4.79 Å². The van der Waals surface area contributed by atoms with Gasteiger partial charge in [0.2, 0.25) is 0 Å². The van der Waals surface area contributed by atoms with E-state index in [2.05, 4.69) is 0 Å². The molecule has 0 radical (unpaired) electrons. The Morgan fingerprint density at radius 1 is 1.05 bits per heavy atom. The van der Waals surface area contributed by atoms with Crippen molar-refractivity contribution in [2.45, 2.75) is 13.8 Å². The first-order chi connectivity index (χ1) is 10.2. The van der Waals surface area contributed by atoms with Gasteiger partial charge in [0.15, 0.2) is 5.78 Å². The summed E-state index contributed by atoms with van der Waals surface area (Å²) in [6.45, 7) is 4.59. The SMILES string of the molecule is Cc1ccc(C(=O)COCC=Cc2ccccc2)cc1C. The Hall–Kier alpha value is -2.19. The van der Waals surface area contributed by atoms with Gasteiger partial charge in [-0.2, -0.15) is 0 Å². The van der Waals surface area contributed by atoms with E-state index in [0.29, 0.717) is 12.2 Å². The van der Waals surface area contributed by atoms with Crippen LogP contribution in [0.5, 0.6) is 0 Å². The summed E-state index contributed by atoms with van der Waals surface area (Å²) in [6, 6.07) is 15.8. The van der Waals surface area contributed by atoms with Crippen molar-refractivity contribution in [3.63, 3.8) is 0 Å². The molecule has 0 N–H and O–H groups in total. The van der Waals surface area contributed by atoms with Gasteiger partial charge in [-0.15, -0.1) is 0 Å². The van der Waals surface area contributed by atoms with Crippen molar-refractivity contribution in [3.8, 4) is 0 Å². The summed E-state index contributed by atoms with van der Waals surface area (Å²) in [5.41, 5.74) is 4.16. The number of benzene rings is 2. The van der Waals surface area contributed by atoms with Gasteiger partial charge in [-0.3, -0.25) is 4.79 Å². The minimum absolute atomic E-state index is 0.0196. The van der Waals surface area contributed by atoms with Crippen LogP contribution in [-0.2, 0) is 4.74 Å². The van der Waals surface area contributed by atoms with Gasteiger partial charge < -0.3 is 4.74 Å². The first-order valence-electron chi connectivity index (χ1n) is 7.06. The van der Waals surface area contributed by atoms with Crippen LogP contribution in [0.3, 0.4) is 0 Å². The molecule has 0 heterocycles. The van der Waals surface area contributed by atoms with Gasteiger partial charge in [0, 0.05) is 5.56 Å². The van der Waals surface area contributed by atoms with Crippen molar-refractivity contribution in [2.24, 2.45) is 0 Å². The third-order valence-electron chi connectivity index (χ3n) is 3.39. The topological polar surface area (TPSA) is 26.3 Å². The van der Waals surface area contributed by atoms with Crippen molar-refractivity contribution < 1.29 is 9.53 Å². The molecule has 0 aliphatic rings. The third-order valence-corrected chi connectivity index (χ3v) is 3.39. The lowest BCUT2D eigenvalue weighted by Gasteiger charge is -2.04. The fourth-order valence-electron chi connectivity index (χ4n) is 1.97. The maximum atomic E-state index is 12.0. The predicted octanol–water partition coefficient (Wildman–Crippen LogP) is 4.22. The molecule has 0 atom stereocenters. The summed E-state index contributed by atoms with van der Waals surface area (Å²) in [4.78, 5) is 12.0. The largest absolute Gasteiger partial charge is 0.369 e. The van der Waals surface area contributed by atoms with E-state index >= 15 is 0 Å². The highest BCUT2D eigenvalue weighted by Crippen LogP contribution is 2.10. The molecule has 2 nitrogen and oxygen atoms in total. The normalized spacial score (nSPS) is 11.0. The van der Waals surface area contributed by atoms with E-state index in [1.807, 2.05) is 74.5 Å². The molecule has 0 bridgehead atoms. The van der Waals surface area contributed by atoms with Gasteiger partial charge >= 0.3 is 0 Å². The molecular weight excluding hydrogens is 260 g/mol. The summed E-state index contributed by atoms with van der Waals surface area (Å²) in [5, 5.41) is 0. The third kappa shape index (κ3) is 4.69. The molecular formula is C19H20O2. The van der Waals surface area contributed by atoms with Gasteiger partial charge in [-0.25, -0.2) is 0 Å². The molecule has 0 aliphatic heterocycles. The second-order valence-electron chi connectivity index (χ2n) is 5.05. The Labute approximate surface area is 126 Å². The van der Waals surface area contributed by atoms with Gasteiger partial charge in [-0.05, 0) is 36.6 Å². The van der Waals surface area contributed by atoms with E-state index in [4.69, 9.17) is 4.74 Å². The fourth-order valence-corrected chi connectivity index (χ4v) is 1.97. The van der Waals surface area contributed by atoms with E-state index in [1.165, 1.54) is 5.56 Å². The second kappa shape index (κ2) is 7.55. The van der Waals surface area contributed by atoms with Crippen LogP contribution < -0.4 is 0 Å². The van der Waals surface area contributed by atoms with Crippen LogP contribution in [0.25, 0.3) is 6.08 Å². The molecule has 0 fully saturated rings. The average molecular weight is 280 g/mol. The molecule has 2 aromatic carbocycles. The smallest absolute Gasteiger partial charge is 0.188 e. The molecule has 0 aromatic heterocycles. The number of hydrogen-bond acceptors (Lipinski definition) is 2. The maximum absolute atomic E-state index is 12.0. The highest BCUT2D eigenvalue weighted by atomic mass is 16.5. The first-order valence-corrected chi connectivity index (χ1v) is 7.06. The van der Waals surface area contributed by atoms with Crippen molar-refractivity contribution in [3.05, 3.63) is 76.9 Å². The highest BCUT2D eigenvalue weighted by Gasteiger charge is 2.06. The summed E-state index contributed by atoms with van der Waals surface area (Å²) >= 11 is 0. The molecule has 21 heavy (non-hydrogen) atoms. The zero-order valence-electron chi connectivity index (χ0n) is 12.5. The number of carbonyl (C=O) groups excluding carboxylic acids is 1. The number of aryl methyl sites for hydroxylation is 2. The Kier molecular flexibility index (Phi) is 5.47. The Morgan fingerprint density at radius 2 is 1.81 bits per heavy atom.